The van der Waals surface area contributed by atoms with Crippen LogP contribution in [0.4, 0.5) is 0 Å². The Kier molecular flexibility index (Phi) is 3.83. The van der Waals surface area contributed by atoms with Crippen LogP contribution in [-0.4, -0.2) is 28.9 Å². The minimum absolute atomic E-state index is 0.0898. The largest absolute Gasteiger partial charge is 0.488 e. The first-order valence-electron chi connectivity index (χ1n) is 8.61. The maximum absolute atomic E-state index is 13.1. The Morgan fingerprint density at radius 1 is 1.36 bits per heavy atom. The lowest BCUT2D eigenvalue weighted by atomic mass is 10.2. The van der Waals surface area contributed by atoms with Crippen LogP contribution in [0.1, 0.15) is 25.1 Å². The van der Waals surface area contributed by atoms with Crippen molar-refractivity contribution in [1.82, 2.24) is 9.55 Å². The number of nitrogens with zero attached hydrogens (tertiary/aromatic N) is 2. The fourth-order valence-electron chi connectivity index (χ4n) is 3.44. The van der Waals surface area contributed by atoms with E-state index in [1.165, 1.54) is 0 Å². The SMILES string of the molecule is O=c1c2c(nc3n1CCCCC3)sc1c(OC[C@H]3CO3)c(Br)ccc12. The molecule has 5 nitrogen and oxygen atoms in total. The van der Waals surface area contributed by atoms with Crippen LogP contribution in [0.15, 0.2) is 21.4 Å². The summed E-state index contributed by atoms with van der Waals surface area (Å²) in [6, 6.07) is 3.94. The van der Waals surface area contributed by atoms with Gasteiger partial charge in [0.05, 0.1) is 21.2 Å². The van der Waals surface area contributed by atoms with E-state index in [2.05, 4.69) is 15.9 Å². The van der Waals surface area contributed by atoms with E-state index < -0.39 is 0 Å². The summed E-state index contributed by atoms with van der Waals surface area (Å²) in [6.07, 6.45) is 4.38. The van der Waals surface area contributed by atoms with E-state index in [9.17, 15) is 4.79 Å². The van der Waals surface area contributed by atoms with Crippen molar-refractivity contribution in [3.8, 4) is 5.75 Å². The predicted octanol–water partition coefficient (Wildman–Crippen LogP) is 3.88. The first kappa shape index (κ1) is 15.8. The summed E-state index contributed by atoms with van der Waals surface area (Å²) in [5, 5.41) is 1.66. The molecule has 1 saturated heterocycles. The number of fused-ring (bicyclic) bond motifs is 4. The molecule has 3 aromatic rings. The average molecular weight is 421 g/mol. The molecule has 0 bridgehead atoms. The molecule has 2 aromatic heterocycles. The lowest BCUT2D eigenvalue weighted by molar-refractivity contribution is 0.264. The highest BCUT2D eigenvalue weighted by Crippen LogP contribution is 2.42. The standard InChI is InChI=1S/C18H17BrN2O3S/c19-12-6-5-11-14-17(25-16(11)15(12)24-9-10-8-23-10)20-13-4-2-1-3-7-21(13)18(14)22/h5-6,10H,1-4,7-9H2/t10-/m1/s1. The Morgan fingerprint density at radius 3 is 3.08 bits per heavy atom. The van der Waals surface area contributed by atoms with Crippen molar-refractivity contribution >= 4 is 47.6 Å². The van der Waals surface area contributed by atoms with Crippen LogP contribution in [0.2, 0.25) is 0 Å². The van der Waals surface area contributed by atoms with Crippen LogP contribution in [0, 0.1) is 0 Å². The summed E-state index contributed by atoms with van der Waals surface area (Å²) in [5.74, 6) is 1.71. The van der Waals surface area contributed by atoms with Crippen molar-refractivity contribution in [2.75, 3.05) is 13.2 Å². The Labute approximate surface area is 156 Å². The zero-order chi connectivity index (χ0) is 17.0. The normalized spacial score (nSPS) is 19.8. The van der Waals surface area contributed by atoms with Crippen molar-refractivity contribution < 1.29 is 9.47 Å². The number of aromatic nitrogens is 2. The Balaban J connectivity index is 1.74. The van der Waals surface area contributed by atoms with Crippen molar-refractivity contribution in [2.24, 2.45) is 0 Å². The first-order chi connectivity index (χ1) is 12.2. The lowest BCUT2D eigenvalue weighted by Crippen LogP contribution is -2.23. The van der Waals surface area contributed by atoms with Gasteiger partial charge in [-0.15, -0.1) is 11.3 Å². The van der Waals surface area contributed by atoms with Gasteiger partial charge >= 0.3 is 0 Å². The van der Waals surface area contributed by atoms with Crippen LogP contribution >= 0.6 is 27.3 Å². The minimum Gasteiger partial charge on any atom is -0.488 e. The van der Waals surface area contributed by atoms with Crippen molar-refractivity contribution in [3.05, 3.63) is 32.8 Å². The van der Waals surface area contributed by atoms with Gasteiger partial charge in [0.2, 0.25) is 0 Å². The minimum atomic E-state index is 0.0898. The van der Waals surface area contributed by atoms with E-state index in [4.69, 9.17) is 14.5 Å². The van der Waals surface area contributed by atoms with E-state index in [-0.39, 0.29) is 11.7 Å². The number of halogens is 1. The molecule has 2 aliphatic heterocycles. The molecule has 1 atom stereocenters. The van der Waals surface area contributed by atoms with Gasteiger partial charge in [-0.05, 0) is 34.8 Å². The zero-order valence-electron chi connectivity index (χ0n) is 13.6. The topological polar surface area (TPSA) is 56.7 Å². The molecule has 130 valence electrons. The third-order valence-electron chi connectivity index (χ3n) is 4.85. The van der Waals surface area contributed by atoms with Gasteiger partial charge in [0.25, 0.3) is 5.56 Å². The highest BCUT2D eigenvalue weighted by Gasteiger charge is 2.25. The second kappa shape index (κ2) is 6.07. The highest BCUT2D eigenvalue weighted by molar-refractivity contribution is 9.10. The molecule has 2 aliphatic rings. The molecular weight excluding hydrogens is 404 g/mol. The van der Waals surface area contributed by atoms with Gasteiger partial charge in [-0.3, -0.25) is 9.36 Å². The van der Waals surface area contributed by atoms with Gasteiger partial charge in [0.1, 0.15) is 23.4 Å². The first-order valence-corrected chi connectivity index (χ1v) is 10.2. The van der Waals surface area contributed by atoms with E-state index >= 15 is 0 Å². The number of benzene rings is 1. The highest BCUT2D eigenvalue weighted by atomic mass is 79.9. The molecule has 7 heteroatoms. The van der Waals surface area contributed by atoms with Gasteiger partial charge < -0.3 is 9.47 Å². The quantitative estimate of drug-likeness (QED) is 0.603. The molecule has 4 heterocycles. The number of aryl methyl sites for hydroxylation is 1. The lowest BCUT2D eigenvalue weighted by Gasteiger charge is -2.08. The number of hydrogen-bond donors (Lipinski definition) is 0. The predicted molar refractivity (Wildman–Crippen MR) is 102 cm³/mol. The third-order valence-corrected chi connectivity index (χ3v) is 6.57. The molecule has 5 rings (SSSR count). The van der Waals surface area contributed by atoms with Crippen LogP contribution in [0.25, 0.3) is 20.3 Å². The maximum Gasteiger partial charge on any atom is 0.262 e. The number of rotatable bonds is 3. The van der Waals surface area contributed by atoms with Crippen molar-refractivity contribution in [2.45, 2.75) is 38.3 Å². The number of thiophene rings is 1. The molecule has 0 amide bonds. The van der Waals surface area contributed by atoms with Gasteiger partial charge in [-0.1, -0.05) is 12.5 Å². The molecule has 0 spiro atoms. The van der Waals surface area contributed by atoms with Gasteiger partial charge in [0.15, 0.2) is 5.75 Å². The second-order valence-corrected chi connectivity index (χ2v) is 8.45. The average Bonchev–Trinajstić information content (AvgIpc) is 3.38. The summed E-state index contributed by atoms with van der Waals surface area (Å²) in [5.41, 5.74) is 0.0898. The van der Waals surface area contributed by atoms with Gasteiger partial charge in [-0.2, -0.15) is 0 Å². The van der Waals surface area contributed by atoms with Crippen LogP contribution < -0.4 is 10.3 Å². The smallest absolute Gasteiger partial charge is 0.262 e. The fourth-order valence-corrected chi connectivity index (χ4v) is 5.20. The van der Waals surface area contributed by atoms with E-state index in [1.807, 2.05) is 16.7 Å². The van der Waals surface area contributed by atoms with E-state index in [0.29, 0.717) is 6.61 Å². The van der Waals surface area contributed by atoms with Crippen molar-refractivity contribution in [3.63, 3.8) is 0 Å². The summed E-state index contributed by atoms with van der Waals surface area (Å²) < 4.78 is 15.0. The molecule has 1 fully saturated rings. The summed E-state index contributed by atoms with van der Waals surface area (Å²) in [6.45, 7) is 2.07. The summed E-state index contributed by atoms with van der Waals surface area (Å²) in [7, 11) is 0. The molecule has 0 N–H and O–H groups in total. The molecule has 0 saturated carbocycles. The van der Waals surface area contributed by atoms with Crippen LogP contribution in [0.3, 0.4) is 0 Å². The molecular formula is C18H17BrN2O3S. The Morgan fingerprint density at radius 2 is 2.24 bits per heavy atom. The zero-order valence-corrected chi connectivity index (χ0v) is 16.0. The summed E-state index contributed by atoms with van der Waals surface area (Å²) in [4.78, 5) is 18.8. The summed E-state index contributed by atoms with van der Waals surface area (Å²) >= 11 is 5.13. The maximum atomic E-state index is 13.1. The Hall–Kier alpha value is -1.44. The molecule has 0 aliphatic carbocycles. The molecule has 1 aromatic carbocycles. The number of epoxide rings is 1. The van der Waals surface area contributed by atoms with Crippen molar-refractivity contribution in [1.29, 1.82) is 0 Å². The van der Waals surface area contributed by atoms with E-state index in [1.54, 1.807) is 11.3 Å². The van der Waals surface area contributed by atoms with Gasteiger partial charge in [-0.25, -0.2) is 4.98 Å². The van der Waals surface area contributed by atoms with Crippen LogP contribution in [0.5, 0.6) is 5.75 Å². The molecule has 0 radical (unpaired) electrons. The Bertz CT molecular complexity index is 1040. The monoisotopic (exact) mass is 420 g/mol. The van der Waals surface area contributed by atoms with Crippen LogP contribution in [-0.2, 0) is 17.7 Å². The fraction of sp³-hybridized carbons (Fsp3) is 0.444. The number of hydrogen-bond acceptors (Lipinski definition) is 5. The molecule has 25 heavy (non-hydrogen) atoms. The van der Waals surface area contributed by atoms with Gasteiger partial charge in [0, 0.05) is 18.4 Å². The third kappa shape index (κ3) is 2.69. The molecule has 0 unspecified atom stereocenters. The number of ether oxygens (including phenoxy) is 2. The van der Waals surface area contributed by atoms with E-state index in [0.717, 1.165) is 75.2 Å². The second-order valence-electron chi connectivity index (χ2n) is 6.60.